The minimum Gasteiger partial charge on any atom is -0.493 e. The van der Waals surface area contributed by atoms with E-state index in [1.54, 1.807) is 0 Å². The summed E-state index contributed by atoms with van der Waals surface area (Å²) in [4.78, 5) is 4.55. The third-order valence-electron chi connectivity index (χ3n) is 4.94. The summed E-state index contributed by atoms with van der Waals surface area (Å²) in [5.74, 6) is 1.74. The molecule has 0 radical (unpaired) electrons. The van der Waals surface area contributed by atoms with Gasteiger partial charge in [-0.1, -0.05) is 30.3 Å². The molecule has 2 aromatic carbocycles. The number of benzene rings is 2. The van der Waals surface area contributed by atoms with Crippen molar-refractivity contribution in [3.8, 4) is 5.75 Å². The zero-order chi connectivity index (χ0) is 16.4. The van der Waals surface area contributed by atoms with Gasteiger partial charge in [0.2, 0.25) is 0 Å². The first-order valence-corrected chi connectivity index (χ1v) is 8.70. The molecule has 1 aliphatic heterocycles. The molecule has 1 atom stereocenters. The lowest BCUT2D eigenvalue weighted by Crippen LogP contribution is -2.25. The van der Waals surface area contributed by atoms with Crippen LogP contribution in [-0.2, 0) is 12.8 Å². The van der Waals surface area contributed by atoms with Gasteiger partial charge in [0.15, 0.2) is 5.96 Å². The second-order valence-electron chi connectivity index (χ2n) is 6.55. The fourth-order valence-corrected chi connectivity index (χ4v) is 3.66. The van der Waals surface area contributed by atoms with E-state index in [1.165, 1.54) is 29.5 Å². The van der Waals surface area contributed by atoms with Gasteiger partial charge in [0.25, 0.3) is 0 Å². The first-order valence-electron chi connectivity index (χ1n) is 8.70. The van der Waals surface area contributed by atoms with E-state index in [4.69, 9.17) is 10.5 Å². The van der Waals surface area contributed by atoms with Gasteiger partial charge in [-0.25, -0.2) is 0 Å². The second kappa shape index (κ2) is 8.08. The van der Waals surface area contributed by atoms with Crippen LogP contribution in [0.2, 0.25) is 0 Å². The molecule has 2 aromatic rings. The molecule has 0 spiro atoms. The van der Waals surface area contributed by atoms with Crippen LogP contribution in [0.25, 0.3) is 0 Å². The Bertz CT molecular complexity index is 775. The number of rotatable bonds is 3. The number of nitrogens with one attached hydrogen (secondary N) is 1. The molecule has 4 nitrogen and oxygen atoms in total. The molecule has 4 rings (SSSR count). The number of aliphatic imine (C=N–C) groups is 1. The number of hydrogen-bond donors (Lipinski definition) is 2. The van der Waals surface area contributed by atoms with E-state index in [9.17, 15) is 0 Å². The van der Waals surface area contributed by atoms with Crippen LogP contribution in [0.3, 0.4) is 0 Å². The van der Waals surface area contributed by atoms with Crippen molar-refractivity contribution in [2.75, 3.05) is 18.5 Å². The molecule has 3 N–H and O–H groups in total. The number of para-hydroxylation sites is 1. The van der Waals surface area contributed by atoms with Crippen molar-refractivity contribution in [2.24, 2.45) is 10.7 Å². The third-order valence-corrected chi connectivity index (χ3v) is 4.94. The molecule has 1 unspecified atom stereocenters. The average molecular weight is 449 g/mol. The highest BCUT2D eigenvalue weighted by Crippen LogP contribution is 2.33. The summed E-state index contributed by atoms with van der Waals surface area (Å²) in [6.07, 6.45) is 4.81. The molecule has 0 bridgehead atoms. The smallest absolute Gasteiger partial charge is 0.193 e. The van der Waals surface area contributed by atoms with E-state index in [-0.39, 0.29) is 29.9 Å². The maximum atomic E-state index is 6.14. The number of hydrogen-bond acceptors (Lipinski definition) is 2. The molecule has 1 aliphatic carbocycles. The molecular formula is C20H24IN3O. The zero-order valence-electron chi connectivity index (χ0n) is 14.2. The minimum atomic E-state index is 0. The molecule has 1 heterocycles. The third kappa shape index (κ3) is 3.92. The van der Waals surface area contributed by atoms with E-state index >= 15 is 0 Å². The summed E-state index contributed by atoms with van der Waals surface area (Å²) in [6.45, 7) is 1.32. The number of halogens is 1. The number of ether oxygens (including phenoxy) is 1. The van der Waals surface area contributed by atoms with Crippen LogP contribution in [0.15, 0.2) is 47.5 Å². The summed E-state index contributed by atoms with van der Waals surface area (Å²) in [7, 11) is 0. The highest BCUT2D eigenvalue weighted by molar-refractivity contribution is 14.0. The van der Waals surface area contributed by atoms with Crippen LogP contribution in [0.1, 0.15) is 35.4 Å². The van der Waals surface area contributed by atoms with Gasteiger partial charge in [0.1, 0.15) is 5.75 Å². The second-order valence-corrected chi connectivity index (χ2v) is 6.55. The average Bonchev–Trinajstić information content (AvgIpc) is 3.04. The van der Waals surface area contributed by atoms with Gasteiger partial charge in [-0.3, -0.25) is 4.99 Å². The lowest BCUT2D eigenvalue weighted by atomic mass is 9.90. The van der Waals surface area contributed by atoms with Crippen LogP contribution < -0.4 is 15.8 Å². The molecule has 132 valence electrons. The summed E-state index contributed by atoms with van der Waals surface area (Å²) in [5.41, 5.74) is 11.3. The lowest BCUT2D eigenvalue weighted by Gasteiger charge is -2.20. The fourth-order valence-electron chi connectivity index (χ4n) is 3.66. The van der Waals surface area contributed by atoms with E-state index in [0.29, 0.717) is 19.1 Å². The SMILES string of the molecule is I.NC(=NCC1COc2ccccc21)Nc1cccc2c1CCCC2. The molecule has 0 amide bonds. The zero-order valence-corrected chi connectivity index (χ0v) is 16.5. The van der Waals surface area contributed by atoms with Gasteiger partial charge in [-0.05, 0) is 48.9 Å². The van der Waals surface area contributed by atoms with Crippen LogP contribution in [0.5, 0.6) is 5.75 Å². The highest BCUT2D eigenvalue weighted by Gasteiger charge is 2.23. The van der Waals surface area contributed by atoms with E-state index < -0.39 is 0 Å². The van der Waals surface area contributed by atoms with Crippen molar-refractivity contribution < 1.29 is 4.74 Å². The van der Waals surface area contributed by atoms with Gasteiger partial charge in [-0.2, -0.15) is 0 Å². The molecule has 5 heteroatoms. The van der Waals surface area contributed by atoms with Crippen molar-refractivity contribution in [1.82, 2.24) is 0 Å². The predicted octanol–water partition coefficient (Wildman–Crippen LogP) is 4.09. The molecule has 25 heavy (non-hydrogen) atoms. The molecule has 2 aliphatic rings. The summed E-state index contributed by atoms with van der Waals surface area (Å²) < 4.78 is 5.71. The normalized spacial score (nSPS) is 18.6. The fraction of sp³-hybridized carbons (Fsp3) is 0.350. The molecule has 0 aromatic heterocycles. The van der Waals surface area contributed by atoms with Crippen LogP contribution >= 0.6 is 24.0 Å². The quantitative estimate of drug-likeness (QED) is 0.422. The first-order chi connectivity index (χ1) is 11.8. The van der Waals surface area contributed by atoms with Gasteiger partial charge in [0, 0.05) is 17.2 Å². The van der Waals surface area contributed by atoms with E-state index in [1.807, 2.05) is 18.2 Å². The van der Waals surface area contributed by atoms with Crippen LogP contribution in [0.4, 0.5) is 5.69 Å². The van der Waals surface area contributed by atoms with Crippen molar-refractivity contribution >= 4 is 35.6 Å². The number of anilines is 1. The number of aryl methyl sites for hydroxylation is 1. The Hall–Kier alpha value is -1.76. The van der Waals surface area contributed by atoms with Crippen molar-refractivity contribution in [3.63, 3.8) is 0 Å². The Morgan fingerprint density at radius 1 is 1.12 bits per heavy atom. The summed E-state index contributed by atoms with van der Waals surface area (Å²) in [6, 6.07) is 14.6. The van der Waals surface area contributed by atoms with Gasteiger partial charge < -0.3 is 15.8 Å². The Morgan fingerprint density at radius 2 is 1.96 bits per heavy atom. The first kappa shape index (κ1) is 18.0. The summed E-state index contributed by atoms with van der Waals surface area (Å²) >= 11 is 0. The molecular weight excluding hydrogens is 425 g/mol. The molecule has 0 saturated heterocycles. The largest absolute Gasteiger partial charge is 0.493 e. The topological polar surface area (TPSA) is 59.6 Å². The van der Waals surface area contributed by atoms with Gasteiger partial charge in [0.05, 0.1) is 13.2 Å². The maximum Gasteiger partial charge on any atom is 0.193 e. The van der Waals surface area contributed by atoms with Gasteiger partial charge in [-0.15, -0.1) is 24.0 Å². The Morgan fingerprint density at radius 3 is 2.88 bits per heavy atom. The molecule has 0 fully saturated rings. The van der Waals surface area contributed by atoms with Gasteiger partial charge >= 0.3 is 0 Å². The minimum absolute atomic E-state index is 0. The van der Waals surface area contributed by atoms with E-state index in [2.05, 4.69) is 34.6 Å². The number of guanidine groups is 1. The van der Waals surface area contributed by atoms with Crippen LogP contribution in [-0.4, -0.2) is 19.1 Å². The number of nitrogens with two attached hydrogens (primary N) is 1. The predicted molar refractivity (Wildman–Crippen MR) is 113 cm³/mol. The number of fused-ring (bicyclic) bond motifs is 2. The summed E-state index contributed by atoms with van der Waals surface area (Å²) in [5, 5.41) is 3.30. The Kier molecular flexibility index (Phi) is 5.83. The lowest BCUT2D eigenvalue weighted by molar-refractivity contribution is 0.333. The Labute approximate surface area is 165 Å². The standard InChI is InChI=1S/C20H23N3O.HI/c21-20(22-12-15-13-24-19-11-4-3-9-17(15)19)23-18-10-5-7-14-6-1-2-8-16(14)18;/h3-5,7,9-11,15H,1-2,6,8,12-13H2,(H3,21,22,23);1H. The monoisotopic (exact) mass is 449 g/mol. The van der Waals surface area contributed by atoms with Crippen molar-refractivity contribution in [2.45, 2.75) is 31.6 Å². The molecule has 0 saturated carbocycles. The van der Waals surface area contributed by atoms with Crippen LogP contribution in [0, 0.1) is 0 Å². The van der Waals surface area contributed by atoms with Crippen molar-refractivity contribution in [1.29, 1.82) is 0 Å². The highest BCUT2D eigenvalue weighted by atomic mass is 127. The van der Waals surface area contributed by atoms with Crippen molar-refractivity contribution in [3.05, 3.63) is 59.2 Å². The maximum absolute atomic E-state index is 6.14. The Balaban J connectivity index is 0.00000182. The van der Waals surface area contributed by atoms with E-state index in [0.717, 1.165) is 24.3 Å². The number of nitrogens with zero attached hydrogens (tertiary/aromatic N) is 1.